The summed E-state index contributed by atoms with van der Waals surface area (Å²) in [6.07, 6.45) is 2.40. The highest BCUT2D eigenvalue weighted by Crippen LogP contribution is 2.27. The van der Waals surface area contributed by atoms with Gasteiger partial charge in [0.15, 0.2) is 5.84 Å². The zero-order valence-corrected chi connectivity index (χ0v) is 11.1. The lowest BCUT2D eigenvalue weighted by molar-refractivity contribution is 0.318. The van der Waals surface area contributed by atoms with Gasteiger partial charge in [-0.25, -0.2) is 0 Å². The van der Waals surface area contributed by atoms with Gasteiger partial charge in [-0.3, -0.25) is 0 Å². The predicted octanol–water partition coefficient (Wildman–Crippen LogP) is 2.33. The number of oxime groups is 1. The Bertz CT molecular complexity index is 448. The molecule has 4 nitrogen and oxygen atoms in total. The maximum Gasteiger partial charge on any atom is 0.172 e. The van der Waals surface area contributed by atoms with E-state index in [1.165, 1.54) is 12.8 Å². The largest absolute Gasteiger partial charge is 0.409 e. The molecule has 1 aromatic rings. The van der Waals surface area contributed by atoms with Gasteiger partial charge in [-0.15, -0.1) is 0 Å². The Kier molecular flexibility index (Phi) is 3.75. The first kappa shape index (κ1) is 12.7. The Hall–Kier alpha value is -1.71. The number of aryl methyl sites for hydroxylation is 1. The van der Waals surface area contributed by atoms with Crippen LogP contribution in [0.1, 0.15) is 30.9 Å². The molecule has 0 saturated carbocycles. The molecule has 2 rings (SSSR count). The second-order valence-electron chi connectivity index (χ2n) is 5.18. The molecule has 1 saturated heterocycles. The molecule has 0 spiro atoms. The molecular formula is C14H21N3O. The van der Waals surface area contributed by atoms with Crippen molar-refractivity contribution in [2.24, 2.45) is 16.8 Å². The molecule has 18 heavy (non-hydrogen) atoms. The summed E-state index contributed by atoms with van der Waals surface area (Å²) in [5.41, 5.74) is 8.79. The number of nitrogens with two attached hydrogens (primary N) is 1. The Labute approximate surface area is 108 Å². The second kappa shape index (κ2) is 5.29. The molecule has 98 valence electrons. The van der Waals surface area contributed by atoms with E-state index < -0.39 is 0 Å². The van der Waals surface area contributed by atoms with Gasteiger partial charge in [-0.05, 0) is 37.8 Å². The van der Waals surface area contributed by atoms with Crippen LogP contribution in [0.2, 0.25) is 0 Å². The summed E-state index contributed by atoms with van der Waals surface area (Å²) >= 11 is 0. The van der Waals surface area contributed by atoms with Crippen LogP contribution < -0.4 is 10.6 Å². The van der Waals surface area contributed by atoms with Crippen LogP contribution in [-0.4, -0.2) is 24.1 Å². The molecule has 1 fully saturated rings. The van der Waals surface area contributed by atoms with Gasteiger partial charge in [0, 0.05) is 24.3 Å². The van der Waals surface area contributed by atoms with Crippen LogP contribution in [0.3, 0.4) is 0 Å². The Morgan fingerprint density at radius 3 is 2.67 bits per heavy atom. The number of hydrogen-bond acceptors (Lipinski definition) is 3. The molecular weight excluding hydrogens is 226 g/mol. The van der Waals surface area contributed by atoms with Crippen molar-refractivity contribution >= 4 is 11.5 Å². The van der Waals surface area contributed by atoms with Gasteiger partial charge >= 0.3 is 0 Å². The summed E-state index contributed by atoms with van der Waals surface area (Å²) in [6, 6.07) is 6.11. The van der Waals surface area contributed by atoms with E-state index in [0.29, 0.717) is 0 Å². The Morgan fingerprint density at radius 2 is 2.06 bits per heavy atom. The first-order chi connectivity index (χ1) is 8.61. The minimum Gasteiger partial charge on any atom is -0.409 e. The summed E-state index contributed by atoms with van der Waals surface area (Å²) in [7, 11) is 0. The van der Waals surface area contributed by atoms with E-state index in [9.17, 15) is 0 Å². The molecule has 1 aromatic carbocycles. The van der Waals surface area contributed by atoms with Gasteiger partial charge in [0.2, 0.25) is 0 Å². The van der Waals surface area contributed by atoms with Crippen LogP contribution in [0.15, 0.2) is 23.4 Å². The van der Waals surface area contributed by atoms with Crippen molar-refractivity contribution in [1.29, 1.82) is 0 Å². The fourth-order valence-electron chi connectivity index (χ4n) is 2.43. The maximum absolute atomic E-state index is 8.89. The van der Waals surface area contributed by atoms with Crippen LogP contribution in [0.5, 0.6) is 0 Å². The molecule has 0 amide bonds. The fourth-order valence-corrected chi connectivity index (χ4v) is 2.43. The zero-order chi connectivity index (χ0) is 13.1. The molecule has 0 aromatic heterocycles. The van der Waals surface area contributed by atoms with E-state index >= 15 is 0 Å². The topological polar surface area (TPSA) is 61.8 Å². The lowest BCUT2D eigenvalue weighted by Gasteiger charge is -2.33. The van der Waals surface area contributed by atoms with Gasteiger partial charge in [-0.2, -0.15) is 0 Å². The van der Waals surface area contributed by atoms with Gasteiger partial charge in [0.05, 0.1) is 0 Å². The highest BCUT2D eigenvalue weighted by Gasteiger charge is 2.19. The lowest BCUT2D eigenvalue weighted by Crippen LogP contribution is -2.34. The van der Waals surface area contributed by atoms with Crippen molar-refractivity contribution in [3.63, 3.8) is 0 Å². The smallest absolute Gasteiger partial charge is 0.172 e. The number of benzene rings is 1. The molecule has 0 aliphatic carbocycles. The van der Waals surface area contributed by atoms with E-state index in [-0.39, 0.29) is 5.84 Å². The number of anilines is 1. The third-order valence-corrected chi connectivity index (χ3v) is 3.66. The van der Waals surface area contributed by atoms with Crippen LogP contribution >= 0.6 is 0 Å². The third kappa shape index (κ3) is 2.58. The Balaban J connectivity index is 2.32. The zero-order valence-electron chi connectivity index (χ0n) is 11.1. The van der Waals surface area contributed by atoms with Crippen LogP contribution in [0.25, 0.3) is 0 Å². The molecule has 4 heteroatoms. The average molecular weight is 247 g/mol. The summed E-state index contributed by atoms with van der Waals surface area (Å²) < 4.78 is 0. The predicted molar refractivity (Wildman–Crippen MR) is 74.3 cm³/mol. The van der Waals surface area contributed by atoms with E-state index in [2.05, 4.69) is 29.1 Å². The monoisotopic (exact) mass is 247 g/mol. The molecule has 1 aliphatic heterocycles. The second-order valence-corrected chi connectivity index (χ2v) is 5.18. The summed E-state index contributed by atoms with van der Waals surface area (Å²) in [5, 5.41) is 12.0. The van der Waals surface area contributed by atoms with E-state index in [1.54, 1.807) is 0 Å². The SMILES string of the molecule is Cc1ccc(N2CCC(C)CC2)c(/C(N)=N/O)c1. The quantitative estimate of drug-likeness (QED) is 0.365. The summed E-state index contributed by atoms with van der Waals surface area (Å²) in [6.45, 7) is 6.37. The highest BCUT2D eigenvalue weighted by molar-refractivity contribution is 6.02. The maximum atomic E-state index is 8.89. The molecule has 3 N–H and O–H groups in total. The number of amidine groups is 1. The van der Waals surface area contributed by atoms with Crippen LogP contribution in [0, 0.1) is 12.8 Å². The van der Waals surface area contributed by atoms with Gasteiger partial charge in [0.1, 0.15) is 0 Å². The average Bonchev–Trinajstić information content (AvgIpc) is 2.39. The van der Waals surface area contributed by atoms with Crippen molar-refractivity contribution in [3.05, 3.63) is 29.3 Å². The molecule has 1 aliphatic rings. The number of hydrogen-bond donors (Lipinski definition) is 2. The molecule has 1 heterocycles. The molecule has 0 atom stereocenters. The van der Waals surface area contributed by atoms with E-state index in [0.717, 1.165) is 35.8 Å². The highest BCUT2D eigenvalue weighted by atomic mass is 16.4. The fraction of sp³-hybridized carbons (Fsp3) is 0.500. The normalized spacial score (nSPS) is 18.1. The minimum atomic E-state index is 0.187. The minimum absolute atomic E-state index is 0.187. The first-order valence-corrected chi connectivity index (χ1v) is 6.45. The first-order valence-electron chi connectivity index (χ1n) is 6.45. The number of rotatable bonds is 2. The van der Waals surface area contributed by atoms with Crippen molar-refractivity contribution in [2.45, 2.75) is 26.7 Å². The Morgan fingerprint density at radius 1 is 1.39 bits per heavy atom. The van der Waals surface area contributed by atoms with Crippen molar-refractivity contribution in [3.8, 4) is 0 Å². The molecule has 0 unspecified atom stereocenters. The van der Waals surface area contributed by atoms with Crippen LogP contribution in [-0.2, 0) is 0 Å². The number of nitrogens with zero attached hydrogens (tertiary/aromatic N) is 2. The van der Waals surface area contributed by atoms with Gasteiger partial charge in [0.25, 0.3) is 0 Å². The van der Waals surface area contributed by atoms with Gasteiger partial charge < -0.3 is 15.8 Å². The standard InChI is InChI=1S/C14H21N3O/c1-10-5-7-17(8-6-10)13-4-3-11(2)9-12(13)14(15)16-18/h3-4,9-10,18H,5-8H2,1-2H3,(H2,15,16). The number of piperidine rings is 1. The third-order valence-electron chi connectivity index (χ3n) is 3.66. The van der Waals surface area contributed by atoms with Crippen molar-refractivity contribution < 1.29 is 5.21 Å². The van der Waals surface area contributed by atoms with Crippen molar-refractivity contribution in [1.82, 2.24) is 0 Å². The summed E-state index contributed by atoms with van der Waals surface area (Å²) in [5.74, 6) is 0.978. The lowest BCUT2D eigenvalue weighted by atomic mass is 9.97. The van der Waals surface area contributed by atoms with Crippen LogP contribution in [0.4, 0.5) is 5.69 Å². The summed E-state index contributed by atoms with van der Waals surface area (Å²) in [4.78, 5) is 2.33. The van der Waals surface area contributed by atoms with E-state index in [1.807, 2.05) is 13.0 Å². The van der Waals surface area contributed by atoms with Gasteiger partial charge in [-0.1, -0.05) is 23.7 Å². The van der Waals surface area contributed by atoms with Crippen molar-refractivity contribution in [2.75, 3.05) is 18.0 Å². The molecule has 0 bridgehead atoms. The van der Waals surface area contributed by atoms with E-state index in [4.69, 9.17) is 10.9 Å². The molecule has 0 radical (unpaired) electrons.